The number of amides is 1. The molecule has 0 spiro atoms. The van der Waals surface area contributed by atoms with E-state index >= 15 is 0 Å². The molecule has 36 heavy (non-hydrogen) atoms. The van der Waals surface area contributed by atoms with Crippen molar-refractivity contribution in [2.75, 3.05) is 13.2 Å². The molecule has 4 aromatic rings. The zero-order valence-electron chi connectivity index (χ0n) is 20.5. The second-order valence-electron chi connectivity index (χ2n) is 8.80. The average Bonchev–Trinajstić information content (AvgIpc) is 3.28. The summed E-state index contributed by atoms with van der Waals surface area (Å²) in [5, 5.41) is 3.04. The van der Waals surface area contributed by atoms with Gasteiger partial charge in [-0.3, -0.25) is 4.79 Å². The van der Waals surface area contributed by atoms with E-state index in [4.69, 9.17) is 18.6 Å². The Labute approximate surface area is 210 Å². The third kappa shape index (κ3) is 5.20. The van der Waals surface area contributed by atoms with Crippen LogP contribution in [0.2, 0.25) is 0 Å². The van der Waals surface area contributed by atoms with E-state index in [9.17, 15) is 4.79 Å². The van der Waals surface area contributed by atoms with Crippen molar-refractivity contribution in [1.29, 1.82) is 0 Å². The van der Waals surface area contributed by atoms with Crippen LogP contribution in [0.15, 0.2) is 71.1 Å². The summed E-state index contributed by atoms with van der Waals surface area (Å²) in [5.41, 5.74) is 4.20. The second kappa shape index (κ2) is 10.2. The summed E-state index contributed by atoms with van der Waals surface area (Å²) < 4.78 is 22.9. The highest BCUT2D eigenvalue weighted by Gasteiger charge is 2.17. The van der Waals surface area contributed by atoms with Crippen LogP contribution in [0.4, 0.5) is 0 Å². The fraction of sp³-hybridized carbons (Fsp3) is 0.241. The number of nitrogens with zero attached hydrogens (tertiary/aromatic N) is 1. The first kappa shape index (κ1) is 23.5. The van der Waals surface area contributed by atoms with Crippen molar-refractivity contribution < 1.29 is 23.4 Å². The zero-order valence-corrected chi connectivity index (χ0v) is 20.5. The van der Waals surface area contributed by atoms with Gasteiger partial charge in [-0.1, -0.05) is 23.8 Å². The van der Waals surface area contributed by atoms with Gasteiger partial charge in [0.25, 0.3) is 5.91 Å². The standard InChI is InChI=1S/C29H28N2O5/c1-18-4-11-24(12-5-18)35-17-25-20(3)36-29(31-25)22-8-6-21(7-9-22)28(32)30-19(2)23-10-13-26-27(16-23)34-15-14-33-26/h4-13,16,19H,14-15,17H2,1-3H3,(H,30,32)/t19-/m0/s1. The van der Waals surface area contributed by atoms with Crippen LogP contribution in [0.5, 0.6) is 17.2 Å². The topological polar surface area (TPSA) is 82.8 Å². The van der Waals surface area contributed by atoms with E-state index in [-0.39, 0.29) is 11.9 Å². The Morgan fingerprint density at radius 3 is 2.44 bits per heavy atom. The van der Waals surface area contributed by atoms with Gasteiger partial charge in [-0.15, -0.1) is 0 Å². The smallest absolute Gasteiger partial charge is 0.251 e. The number of rotatable bonds is 7. The average molecular weight is 485 g/mol. The molecular formula is C29H28N2O5. The number of fused-ring (bicyclic) bond motifs is 1. The molecule has 0 bridgehead atoms. The largest absolute Gasteiger partial charge is 0.487 e. The predicted octanol–water partition coefficient (Wildman–Crippen LogP) is 5.80. The van der Waals surface area contributed by atoms with Crippen LogP contribution in [0, 0.1) is 13.8 Å². The Balaban J connectivity index is 1.22. The molecule has 2 heterocycles. The molecule has 0 radical (unpaired) electrons. The number of carbonyl (C=O) groups excluding carboxylic acids is 1. The Morgan fingerprint density at radius 2 is 1.69 bits per heavy atom. The van der Waals surface area contributed by atoms with Crippen molar-refractivity contribution in [3.63, 3.8) is 0 Å². The molecule has 3 aromatic carbocycles. The fourth-order valence-corrected chi connectivity index (χ4v) is 3.93. The van der Waals surface area contributed by atoms with E-state index < -0.39 is 0 Å². The third-order valence-electron chi connectivity index (χ3n) is 6.10. The van der Waals surface area contributed by atoms with Gasteiger partial charge in [0, 0.05) is 11.1 Å². The Morgan fingerprint density at radius 1 is 0.972 bits per heavy atom. The number of hydrogen-bond acceptors (Lipinski definition) is 6. The highest BCUT2D eigenvalue weighted by molar-refractivity contribution is 5.94. The van der Waals surface area contributed by atoms with E-state index in [0.717, 1.165) is 28.3 Å². The van der Waals surface area contributed by atoms with Gasteiger partial charge in [-0.25, -0.2) is 4.98 Å². The lowest BCUT2D eigenvalue weighted by atomic mass is 10.1. The van der Waals surface area contributed by atoms with E-state index in [1.807, 2.05) is 75.4 Å². The van der Waals surface area contributed by atoms with Crippen LogP contribution in [0.25, 0.3) is 11.5 Å². The van der Waals surface area contributed by atoms with Gasteiger partial charge in [0.2, 0.25) is 5.89 Å². The number of ether oxygens (including phenoxy) is 3. The Hall–Kier alpha value is -4.26. The van der Waals surface area contributed by atoms with Crippen molar-refractivity contribution in [3.8, 4) is 28.7 Å². The Bertz CT molecular complexity index is 1360. The van der Waals surface area contributed by atoms with Crippen LogP contribution >= 0.6 is 0 Å². The van der Waals surface area contributed by atoms with Gasteiger partial charge in [0.1, 0.15) is 37.0 Å². The van der Waals surface area contributed by atoms with Gasteiger partial charge in [0.15, 0.2) is 11.5 Å². The van der Waals surface area contributed by atoms with E-state index in [1.54, 1.807) is 12.1 Å². The van der Waals surface area contributed by atoms with Crippen molar-refractivity contribution >= 4 is 5.91 Å². The maximum absolute atomic E-state index is 12.8. The quantitative estimate of drug-likeness (QED) is 0.357. The molecule has 0 saturated heterocycles. The maximum Gasteiger partial charge on any atom is 0.251 e. The van der Waals surface area contributed by atoms with Gasteiger partial charge >= 0.3 is 0 Å². The molecule has 1 aromatic heterocycles. The molecule has 184 valence electrons. The molecule has 0 saturated carbocycles. The third-order valence-corrected chi connectivity index (χ3v) is 6.10. The molecule has 5 rings (SSSR count). The molecular weight excluding hydrogens is 456 g/mol. The minimum absolute atomic E-state index is 0.167. The van der Waals surface area contributed by atoms with Gasteiger partial charge in [0.05, 0.1) is 6.04 Å². The fourth-order valence-electron chi connectivity index (χ4n) is 3.93. The second-order valence-corrected chi connectivity index (χ2v) is 8.80. The molecule has 1 aliphatic rings. The van der Waals surface area contributed by atoms with E-state index in [0.29, 0.717) is 42.8 Å². The lowest BCUT2D eigenvalue weighted by Crippen LogP contribution is -2.26. The van der Waals surface area contributed by atoms with Crippen LogP contribution in [-0.4, -0.2) is 24.1 Å². The number of aromatic nitrogens is 1. The zero-order chi connectivity index (χ0) is 25.1. The first-order chi connectivity index (χ1) is 17.5. The highest BCUT2D eigenvalue weighted by Crippen LogP contribution is 2.32. The molecule has 7 heteroatoms. The summed E-state index contributed by atoms with van der Waals surface area (Å²) in [7, 11) is 0. The lowest BCUT2D eigenvalue weighted by molar-refractivity contribution is 0.0939. The van der Waals surface area contributed by atoms with Gasteiger partial charge in [-0.2, -0.15) is 0 Å². The summed E-state index contributed by atoms with van der Waals surface area (Å²) in [5.74, 6) is 3.24. The predicted molar refractivity (Wildman–Crippen MR) is 136 cm³/mol. The van der Waals surface area contributed by atoms with Crippen molar-refractivity contribution in [2.24, 2.45) is 0 Å². The summed E-state index contributed by atoms with van der Waals surface area (Å²) in [4.78, 5) is 17.4. The number of benzene rings is 3. The first-order valence-corrected chi connectivity index (χ1v) is 11.9. The summed E-state index contributed by atoms with van der Waals surface area (Å²) in [6, 6.07) is 20.6. The minimum atomic E-state index is -0.196. The maximum atomic E-state index is 12.8. The lowest BCUT2D eigenvalue weighted by Gasteiger charge is -2.21. The number of hydrogen-bond donors (Lipinski definition) is 1. The van der Waals surface area contributed by atoms with E-state index in [2.05, 4.69) is 10.3 Å². The first-order valence-electron chi connectivity index (χ1n) is 11.9. The molecule has 0 fully saturated rings. The molecule has 7 nitrogen and oxygen atoms in total. The van der Waals surface area contributed by atoms with Crippen molar-refractivity contribution in [2.45, 2.75) is 33.4 Å². The van der Waals surface area contributed by atoms with Crippen molar-refractivity contribution in [3.05, 3.63) is 94.9 Å². The highest BCUT2D eigenvalue weighted by atomic mass is 16.6. The van der Waals surface area contributed by atoms with E-state index in [1.165, 1.54) is 5.56 Å². The van der Waals surface area contributed by atoms with Crippen LogP contribution in [0.1, 0.15) is 45.9 Å². The Kier molecular flexibility index (Phi) is 6.62. The van der Waals surface area contributed by atoms with Crippen LogP contribution in [0.3, 0.4) is 0 Å². The number of nitrogens with one attached hydrogen (secondary N) is 1. The minimum Gasteiger partial charge on any atom is -0.487 e. The number of carbonyl (C=O) groups is 1. The normalized spacial score (nSPS) is 13.2. The molecule has 0 unspecified atom stereocenters. The number of aryl methyl sites for hydroxylation is 2. The summed E-state index contributed by atoms with van der Waals surface area (Å²) >= 11 is 0. The number of oxazole rings is 1. The molecule has 1 amide bonds. The van der Waals surface area contributed by atoms with Gasteiger partial charge in [-0.05, 0) is 74.9 Å². The van der Waals surface area contributed by atoms with Crippen LogP contribution in [-0.2, 0) is 6.61 Å². The SMILES string of the molecule is Cc1ccc(OCc2nc(-c3ccc(C(=O)N[C@@H](C)c4ccc5c(c4)OCCO5)cc3)oc2C)cc1. The molecule has 0 aliphatic carbocycles. The van der Waals surface area contributed by atoms with Crippen LogP contribution < -0.4 is 19.5 Å². The summed E-state index contributed by atoms with van der Waals surface area (Å²) in [6.45, 7) is 7.22. The molecule has 1 atom stereocenters. The van der Waals surface area contributed by atoms with Gasteiger partial charge < -0.3 is 23.9 Å². The summed E-state index contributed by atoms with van der Waals surface area (Å²) in [6.07, 6.45) is 0. The monoisotopic (exact) mass is 484 g/mol. The van der Waals surface area contributed by atoms with Crippen molar-refractivity contribution in [1.82, 2.24) is 10.3 Å². The molecule has 1 N–H and O–H groups in total. The molecule has 1 aliphatic heterocycles.